The number of unbranched alkanes of at least 4 members (excludes halogenated alkanes) is 3. The van der Waals surface area contributed by atoms with Crippen molar-refractivity contribution in [1.29, 1.82) is 0 Å². The Labute approximate surface area is 153 Å². The summed E-state index contributed by atoms with van der Waals surface area (Å²) in [7, 11) is 0. The second kappa shape index (κ2) is 8.48. The molecule has 3 rings (SSSR count). The van der Waals surface area contributed by atoms with Gasteiger partial charge in [0.25, 0.3) is 0 Å². The largest absolute Gasteiger partial charge is 0.478 e. The maximum atomic E-state index is 10.5. The van der Waals surface area contributed by atoms with Crippen molar-refractivity contribution < 1.29 is 9.90 Å². The predicted molar refractivity (Wildman–Crippen MR) is 105 cm³/mol. The van der Waals surface area contributed by atoms with E-state index in [2.05, 4.69) is 46.8 Å². The fraction of sp³-hybridized carbons (Fsp3) is 0.273. The van der Waals surface area contributed by atoms with Gasteiger partial charge in [-0.3, -0.25) is 4.98 Å². The van der Waals surface area contributed by atoms with Gasteiger partial charge in [-0.15, -0.1) is 0 Å². The molecule has 4 nitrogen and oxygen atoms in total. The molecular formula is C22H24N2O2. The number of hydrogen-bond acceptors (Lipinski definition) is 2. The highest BCUT2D eigenvalue weighted by Crippen LogP contribution is 2.33. The number of para-hydroxylation sites is 1. The van der Waals surface area contributed by atoms with Crippen LogP contribution >= 0.6 is 0 Å². The number of nitrogens with zero attached hydrogens (tertiary/aromatic N) is 2. The average molecular weight is 348 g/mol. The van der Waals surface area contributed by atoms with Gasteiger partial charge in [-0.25, -0.2) is 4.79 Å². The van der Waals surface area contributed by atoms with E-state index in [1.54, 1.807) is 12.3 Å². The average Bonchev–Trinajstić information content (AvgIpc) is 2.94. The normalized spacial score (nSPS) is 11.4. The lowest BCUT2D eigenvalue weighted by molar-refractivity contribution is -0.131. The van der Waals surface area contributed by atoms with Gasteiger partial charge >= 0.3 is 5.97 Å². The molecule has 0 radical (unpaired) electrons. The van der Waals surface area contributed by atoms with Crippen LogP contribution in [0.3, 0.4) is 0 Å². The molecule has 1 aromatic carbocycles. The molecule has 1 N–H and O–H groups in total. The lowest BCUT2D eigenvalue weighted by atomic mass is 10.1. The Kier molecular flexibility index (Phi) is 5.84. The summed E-state index contributed by atoms with van der Waals surface area (Å²) in [6.07, 6.45) is 10.6. The quantitative estimate of drug-likeness (QED) is 0.449. The van der Waals surface area contributed by atoms with Gasteiger partial charge in [-0.2, -0.15) is 0 Å². The number of rotatable bonds is 8. The third-order valence-corrected chi connectivity index (χ3v) is 4.67. The minimum absolute atomic E-state index is 0.813. The Balaban J connectivity index is 1.78. The molecule has 26 heavy (non-hydrogen) atoms. The van der Waals surface area contributed by atoms with Crippen molar-refractivity contribution in [2.45, 2.75) is 39.2 Å². The first-order valence-corrected chi connectivity index (χ1v) is 9.06. The topological polar surface area (TPSA) is 55.1 Å². The Morgan fingerprint density at radius 3 is 2.77 bits per heavy atom. The highest BCUT2D eigenvalue weighted by atomic mass is 16.4. The zero-order valence-electron chi connectivity index (χ0n) is 15.1. The Hall–Kier alpha value is -2.88. The number of fused-ring (bicyclic) bond motifs is 1. The van der Waals surface area contributed by atoms with E-state index in [-0.39, 0.29) is 0 Å². The highest BCUT2D eigenvalue weighted by Gasteiger charge is 2.15. The Morgan fingerprint density at radius 1 is 1.15 bits per heavy atom. The van der Waals surface area contributed by atoms with Gasteiger partial charge in [-0.1, -0.05) is 30.7 Å². The van der Waals surface area contributed by atoms with Gasteiger partial charge in [0, 0.05) is 41.5 Å². The molecule has 0 aliphatic carbocycles. The number of carbonyl (C=O) groups is 1. The summed E-state index contributed by atoms with van der Waals surface area (Å²) in [5.41, 5.74) is 4.93. The van der Waals surface area contributed by atoms with E-state index in [0.29, 0.717) is 0 Å². The lowest BCUT2D eigenvalue weighted by Crippen LogP contribution is -2.01. The molecule has 0 spiro atoms. The standard InChI is InChI=1S/C22H24N2O2/c1-17-19-11-6-7-12-20(19)24(22(17)18-10-9-14-23-16-18)15-8-4-2-3-5-13-21(25)26/h5-7,9-14,16H,2-4,8,15H2,1H3,(H,25,26). The molecule has 2 aromatic heterocycles. The van der Waals surface area contributed by atoms with Crippen molar-refractivity contribution in [2.24, 2.45) is 0 Å². The number of pyridine rings is 1. The molecule has 0 bridgehead atoms. The minimum atomic E-state index is -0.875. The predicted octanol–water partition coefficient (Wildman–Crippen LogP) is 5.21. The van der Waals surface area contributed by atoms with Crippen molar-refractivity contribution in [3.05, 3.63) is 66.5 Å². The molecule has 3 aromatic rings. The number of hydrogen-bond donors (Lipinski definition) is 1. The van der Waals surface area contributed by atoms with Crippen molar-refractivity contribution >= 4 is 16.9 Å². The van der Waals surface area contributed by atoms with Crippen LogP contribution in [0.15, 0.2) is 60.9 Å². The maximum Gasteiger partial charge on any atom is 0.327 e. The molecule has 134 valence electrons. The summed E-state index contributed by atoms with van der Waals surface area (Å²) < 4.78 is 2.40. The van der Waals surface area contributed by atoms with E-state index in [4.69, 9.17) is 5.11 Å². The van der Waals surface area contributed by atoms with Crippen molar-refractivity contribution in [3.8, 4) is 11.3 Å². The molecule has 0 fully saturated rings. The first kappa shape index (κ1) is 17.9. The van der Waals surface area contributed by atoms with Gasteiger partial charge in [-0.05, 0) is 49.9 Å². The van der Waals surface area contributed by atoms with E-state index in [9.17, 15) is 4.79 Å². The van der Waals surface area contributed by atoms with Crippen LogP contribution in [-0.4, -0.2) is 20.6 Å². The molecule has 0 aliphatic heterocycles. The van der Waals surface area contributed by atoms with Crippen LogP contribution in [0, 0.1) is 6.92 Å². The monoisotopic (exact) mass is 348 g/mol. The van der Waals surface area contributed by atoms with Crippen molar-refractivity contribution in [3.63, 3.8) is 0 Å². The number of aryl methyl sites for hydroxylation is 2. The third-order valence-electron chi connectivity index (χ3n) is 4.67. The molecule has 4 heteroatoms. The zero-order chi connectivity index (χ0) is 18.4. The van der Waals surface area contributed by atoms with Gasteiger partial charge in [0.15, 0.2) is 0 Å². The summed E-state index contributed by atoms with van der Waals surface area (Å²) in [5.74, 6) is -0.875. The highest BCUT2D eigenvalue weighted by molar-refractivity contribution is 5.91. The molecule has 0 unspecified atom stereocenters. The Bertz CT molecular complexity index is 911. The summed E-state index contributed by atoms with van der Waals surface area (Å²) in [5, 5.41) is 9.90. The summed E-state index contributed by atoms with van der Waals surface area (Å²) in [6.45, 7) is 3.12. The van der Waals surface area contributed by atoms with E-state index in [0.717, 1.165) is 37.8 Å². The van der Waals surface area contributed by atoms with Crippen LogP contribution < -0.4 is 0 Å². The SMILES string of the molecule is Cc1c(-c2cccnc2)n(CCCCCC=CC(=O)O)c2ccccc12. The number of allylic oxidation sites excluding steroid dienone is 1. The molecule has 0 amide bonds. The number of aliphatic carboxylic acids is 1. The number of carboxylic acids is 1. The molecule has 0 aliphatic rings. The molecular weight excluding hydrogens is 324 g/mol. The lowest BCUT2D eigenvalue weighted by Gasteiger charge is -2.11. The van der Waals surface area contributed by atoms with Crippen LogP contribution in [-0.2, 0) is 11.3 Å². The Morgan fingerprint density at radius 2 is 2.00 bits per heavy atom. The number of aromatic nitrogens is 2. The molecule has 0 atom stereocenters. The van der Waals surface area contributed by atoms with E-state index in [1.165, 1.54) is 28.2 Å². The van der Waals surface area contributed by atoms with E-state index < -0.39 is 5.97 Å². The minimum Gasteiger partial charge on any atom is -0.478 e. The van der Waals surface area contributed by atoms with E-state index in [1.807, 2.05) is 12.3 Å². The second-order valence-electron chi connectivity index (χ2n) is 6.47. The zero-order valence-corrected chi connectivity index (χ0v) is 15.1. The third kappa shape index (κ3) is 4.02. The van der Waals surface area contributed by atoms with Gasteiger partial charge in [0.05, 0.1) is 5.69 Å². The van der Waals surface area contributed by atoms with Gasteiger partial charge in [0.1, 0.15) is 0 Å². The summed E-state index contributed by atoms with van der Waals surface area (Å²) >= 11 is 0. The van der Waals surface area contributed by atoms with Crippen molar-refractivity contribution in [1.82, 2.24) is 9.55 Å². The smallest absolute Gasteiger partial charge is 0.327 e. The van der Waals surface area contributed by atoms with Gasteiger partial charge in [0.2, 0.25) is 0 Å². The first-order chi connectivity index (χ1) is 12.7. The van der Waals surface area contributed by atoms with Crippen LogP contribution in [0.1, 0.15) is 31.2 Å². The second-order valence-corrected chi connectivity index (χ2v) is 6.47. The molecule has 0 saturated carbocycles. The first-order valence-electron chi connectivity index (χ1n) is 9.06. The fourth-order valence-corrected chi connectivity index (χ4v) is 3.48. The van der Waals surface area contributed by atoms with Crippen LogP contribution in [0.5, 0.6) is 0 Å². The molecule has 0 saturated heterocycles. The fourth-order valence-electron chi connectivity index (χ4n) is 3.48. The van der Waals surface area contributed by atoms with Crippen molar-refractivity contribution in [2.75, 3.05) is 0 Å². The summed E-state index contributed by atoms with van der Waals surface area (Å²) in [4.78, 5) is 14.8. The molecule has 2 heterocycles. The van der Waals surface area contributed by atoms with Crippen LogP contribution in [0.2, 0.25) is 0 Å². The van der Waals surface area contributed by atoms with Crippen LogP contribution in [0.25, 0.3) is 22.2 Å². The number of carboxylic acid groups (broad SMARTS) is 1. The van der Waals surface area contributed by atoms with Gasteiger partial charge < -0.3 is 9.67 Å². The summed E-state index contributed by atoms with van der Waals surface area (Å²) in [6, 6.07) is 12.6. The maximum absolute atomic E-state index is 10.5. The number of benzene rings is 1. The van der Waals surface area contributed by atoms with Crippen LogP contribution in [0.4, 0.5) is 0 Å². The van der Waals surface area contributed by atoms with E-state index >= 15 is 0 Å².